The average Bonchev–Trinajstić information content (AvgIpc) is 2.48. The Balaban J connectivity index is 2.10. The molecule has 2 rings (SSSR count). The van der Waals surface area contributed by atoms with Crippen LogP contribution in [0.3, 0.4) is 0 Å². The topological polar surface area (TPSA) is 55.8 Å². The van der Waals surface area contributed by atoms with Crippen LogP contribution in [0.4, 0.5) is 0 Å². The molecule has 0 radical (unpaired) electrons. The van der Waals surface area contributed by atoms with E-state index in [2.05, 4.69) is 0 Å². The summed E-state index contributed by atoms with van der Waals surface area (Å²) in [7, 11) is 0. The van der Waals surface area contributed by atoms with Crippen molar-refractivity contribution in [2.75, 3.05) is 18.1 Å². The predicted molar refractivity (Wildman–Crippen MR) is 79.0 cm³/mol. The van der Waals surface area contributed by atoms with Gasteiger partial charge in [0.1, 0.15) is 11.9 Å². The van der Waals surface area contributed by atoms with Crippen LogP contribution in [0.15, 0.2) is 24.3 Å². The molecule has 1 aromatic carbocycles. The predicted octanol–water partition coefficient (Wildman–Crippen LogP) is 2.56. The normalized spacial score (nSPS) is 20.2. The molecule has 1 aliphatic heterocycles. The van der Waals surface area contributed by atoms with E-state index in [0.29, 0.717) is 11.3 Å². The largest absolute Gasteiger partial charge is 0.489 e. The first-order valence-corrected chi connectivity index (χ1v) is 8.06. The van der Waals surface area contributed by atoms with Crippen LogP contribution < -0.4 is 4.74 Å². The fourth-order valence-electron chi connectivity index (χ4n) is 2.15. The van der Waals surface area contributed by atoms with Gasteiger partial charge in [-0.05, 0) is 31.6 Å². The van der Waals surface area contributed by atoms with Gasteiger partial charge in [-0.1, -0.05) is 18.2 Å². The third-order valence-corrected chi connectivity index (χ3v) is 4.32. The van der Waals surface area contributed by atoms with E-state index in [1.807, 2.05) is 17.8 Å². The number of thioether (sulfide) groups is 1. The Morgan fingerprint density at radius 3 is 3.00 bits per heavy atom. The molecule has 1 aliphatic rings. The molecule has 4 nitrogen and oxygen atoms in total. The molecule has 2 atom stereocenters. The second kappa shape index (κ2) is 7.55. The van der Waals surface area contributed by atoms with Crippen molar-refractivity contribution in [1.82, 2.24) is 0 Å². The lowest BCUT2D eigenvalue weighted by Crippen LogP contribution is -2.25. The number of aliphatic hydroxyl groups is 1. The molecule has 1 heterocycles. The molecule has 0 spiro atoms. The van der Waals surface area contributed by atoms with Crippen LogP contribution in [-0.2, 0) is 9.53 Å². The highest BCUT2D eigenvalue weighted by Gasteiger charge is 2.24. The van der Waals surface area contributed by atoms with Crippen molar-refractivity contribution in [3.8, 4) is 5.75 Å². The van der Waals surface area contributed by atoms with Gasteiger partial charge >= 0.3 is 5.97 Å². The SMILES string of the molecule is CCOC(=O)C(O)c1ccccc1OC1CCCSC1. The third kappa shape index (κ3) is 3.90. The van der Waals surface area contributed by atoms with Gasteiger partial charge < -0.3 is 14.6 Å². The van der Waals surface area contributed by atoms with Crippen molar-refractivity contribution in [2.45, 2.75) is 32.0 Å². The highest BCUT2D eigenvalue weighted by Crippen LogP contribution is 2.29. The van der Waals surface area contributed by atoms with Crippen LogP contribution in [0.25, 0.3) is 0 Å². The smallest absolute Gasteiger partial charge is 0.339 e. The number of carbonyl (C=O) groups excluding carboxylic acids is 1. The summed E-state index contributed by atoms with van der Waals surface area (Å²) in [5, 5.41) is 10.1. The van der Waals surface area contributed by atoms with E-state index in [-0.39, 0.29) is 12.7 Å². The first-order chi connectivity index (χ1) is 9.72. The van der Waals surface area contributed by atoms with Gasteiger partial charge in [0.25, 0.3) is 0 Å². The molecule has 0 amide bonds. The summed E-state index contributed by atoms with van der Waals surface area (Å²) in [5.74, 6) is 2.05. The Morgan fingerprint density at radius 1 is 1.50 bits per heavy atom. The molecule has 1 N–H and O–H groups in total. The molecule has 0 aromatic heterocycles. The lowest BCUT2D eigenvalue weighted by molar-refractivity contribution is -0.153. The summed E-state index contributed by atoms with van der Waals surface area (Å²) in [5.41, 5.74) is 0.474. The molecular formula is C15H20O4S. The van der Waals surface area contributed by atoms with Gasteiger partial charge in [0.2, 0.25) is 0 Å². The zero-order valence-corrected chi connectivity index (χ0v) is 12.4. The minimum atomic E-state index is -1.29. The highest BCUT2D eigenvalue weighted by atomic mass is 32.2. The number of para-hydroxylation sites is 1. The number of hydrogen-bond donors (Lipinski definition) is 1. The Kier molecular flexibility index (Phi) is 5.73. The highest BCUT2D eigenvalue weighted by molar-refractivity contribution is 7.99. The van der Waals surface area contributed by atoms with Crippen LogP contribution in [0.1, 0.15) is 31.4 Å². The van der Waals surface area contributed by atoms with Crippen molar-refractivity contribution in [3.63, 3.8) is 0 Å². The molecule has 20 heavy (non-hydrogen) atoms. The molecule has 110 valence electrons. The summed E-state index contributed by atoms with van der Waals surface area (Å²) < 4.78 is 10.8. The van der Waals surface area contributed by atoms with Crippen LogP contribution in [0.5, 0.6) is 5.75 Å². The van der Waals surface area contributed by atoms with Crippen molar-refractivity contribution in [3.05, 3.63) is 29.8 Å². The zero-order chi connectivity index (χ0) is 14.4. The lowest BCUT2D eigenvalue weighted by Gasteiger charge is -2.24. The van der Waals surface area contributed by atoms with Crippen LogP contribution >= 0.6 is 11.8 Å². The fourth-order valence-corrected chi connectivity index (χ4v) is 3.18. The van der Waals surface area contributed by atoms with Gasteiger partial charge in [-0.15, -0.1) is 0 Å². The van der Waals surface area contributed by atoms with E-state index in [1.165, 1.54) is 5.75 Å². The van der Waals surface area contributed by atoms with E-state index < -0.39 is 12.1 Å². The number of benzene rings is 1. The Hall–Kier alpha value is -1.20. The summed E-state index contributed by atoms with van der Waals surface area (Å²) in [4.78, 5) is 11.7. The molecule has 1 aromatic rings. The molecule has 1 saturated heterocycles. The maximum Gasteiger partial charge on any atom is 0.339 e. The van der Waals surface area contributed by atoms with E-state index in [9.17, 15) is 9.90 Å². The van der Waals surface area contributed by atoms with E-state index in [0.717, 1.165) is 18.6 Å². The molecular weight excluding hydrogens is 276 g/mol. The average molecular weight is 296 g/mol. The van der Waals surface area contributed by atoms with Gasteiger partial charge in [-0.2, -0.15) is 11.8 Å². The summed E-state index contributed by atoms with van der Waals surface area (Å²) in [6.07, 6.45) is 1.00. The van der Waals surface area contributed by atoms with Crippen LogP contribution in [0.2, 0.25) is 0 Å². The Bertz CT molecular complexity index is 443. The number of carbonyl (C=O) groups is 1. The molecule has 0 bridgehead atoms. The van der Waals surface area contributed by atoms with Crippen LogP contribution in [0, 0.1) is 0 Å². The van der Waals surface area contributed by atoms with E-state index in [4.69, 9.17) is 9.47 Å². The minimum absolute atomic E-state index is 0.143. The van der Waals surface area contributed by atoms with Crippen molar-refractivity contribution in [2.24, 2.45) is 0 Å². The monoisotopic (exact) mass is 296 g/mol. The standard InChI is InChI=1S/C15H20O4S/c1-2-18-15(17)14(16)12-7-3-4-8-13(12)19-11-6-5-9-20-10-11/h3-4,7-8,11,14,16H,2,5-6,9-10H2,1H3. The first kappa shape index (κ1) is 15.2. The minimum Gasteiger partial charge on any atom is -0.489 e. The second-order valence-electron chi connectivity index (χ2n) is 4.65. The second-order valence-corrected chi connectivity index (χ2v) is 5.80. The first-order valence-electron chi connectivity index (χ1n) is 6.90. The number of esters is 1. The molecule has 0 aliphatic carbocycles. The zero-order valence-electron chi connectivity index (χ0n) is 11.6. The van der Waals surface area contributed by atoms with Gasteiger partial charge in [-0.3, -0.25) is 0 Å². The van der Waals surface area contributed by atoms with Gasteiger partial charge in [-0.25, -0.2) is 4.79 Å². The fraction of sp³-hybridized carbons (Fsp3) is 0.533. The summed E-state index contributed by atoms with van der Waals surface area (Å²) in [6, 6.07) is 7.11. The molecule has 1 fully saturated rings. The van der Waals surface area contributed by atoms with Crippen molar-refractivity contribution in [1.29, 1.82) is 0 Å². The van der Waals surface area contributed by atoms with E-state index in [1.54, 1.807) is 25.1 Å². The van der Waals surface area contributed by atoms with Gasteiger partial charge in [0.15, 0.2) is 6.10 Å². The third-order valence-electron chi connectivity index (χ3n) is 3.14. The summed E-state index contributed by atoms with van der Waals surface area (Å²) in [6.45, 7) is 1.96. The van der Waals surface area contributed by atoms with Crippen molar-refractivity contribution >= 4 is 17.7 Å². The van der Waals surface area contributed by atoms with Gasteiger partial charge in [0.05, 0.1) is 6.61 Å². The lowest BCUT2D eigenvalue weighted by atomic mass is 10.1. The van der Waals surface area contributed by atoms with Crippen molar-refractivity contribution < 1.29 is 19.4 Å². The number of aliphatic hydroxyl groups excluding tert-OH is 1. The quantitative estimate of drug-likeness (QED) is 0.846. The van der Waals surface area contributed by atoms with Gasteiger partial charge in [0, 0.05) is 11.3 Å². The Morgan fingerprint density at radius 2 is 2.30 bits per heavy atom. The van der Waals surface area contributed by atoms with E-state index >= 15 is 0 Å². The number of hydrogen-bond acceptors (Lipinski definition) is 5. The molecule has 5 heteroatoms. The number of ether oxygens (including phenoxy) is 2. The molecule has 0 saturated carbocycles. The molecule has 2 unspecified atom stereocenters. The summed E-state index contributed by atoms with van der Waals surface area (Å²) >= 11 is 1.87. The Labute approximate surface area is 123 Å². The number of rotatable bonds is 5. The maximum atomic E-state index is 11.7. The van der Waals surface area contributed by atoms with Crippen LogP contribution in [-0.4, -0.2) is 35.3 Å². The maximum absolute atomic E-state index is 11.7.